The summed E-state index contributed by atoms with van der Waals surface area (Å²) in [6.45, 7) is 0.652. The maximum Gasteiger partial charge on any atom is 0.161 e. The minimum absolute atomic E-state index is 0.652. The number of pyridine rings is 1. The Bertz CT molecular complexity index is 851. The van der Waals surface area contributed by atoms with Crippen LogP contribution in [0.5, 0.6) is 11.5 Å². The second-order valence-corrected chi connectivity index (χ2v) is 5.88. The minimum Gasteiger partial charge on any atom is -0.493 e. The Hall–Kier alpha value is -2.72. The monoisotopic (exact) mass is 354 g/mol. The normalized spacial score (nSPS) is 10.4. The molecule has 0 radical (unpaired) electrons. The molecule has 0 aliphatic carbocycles. The summed E-state index contributed by atoms with van der Waals surface area (Å²) in [6, 6.07) is 17.4. The standard InChI is InChI=1S/C20H19ClN2O2/c1-24-18-10-5-14(12-19(18)25-2)20-15(4-3-11-22-20)13-23-17-8-6-16(21)7-9-17/h3-12,23H,13H2,1-2H3. The summed E-state index contributed by atoms with van der Waals surface area (Å²) in [5, 5.41) is 4.12. The molecule has 3 rings (SSSR count). The third-order valence-electron chi connectivity index (χ3n) is 3.88. The highest BCUT2D eigenvalue weighted by molar-refractivity contribution is 6.30. The van der Waals surface area contributed by atoms with Gasteiger partial charge in [-0.05, 0) is 54.1 Å². The minimum atomic E-state index is 0.652. The smallest absolute Gasteiger partial charge is 0.161 e. The molecule has 0 unspecified atom stereocenters. The lowest BCUT2D eigenvalue weighted by molar-refractivity contribution is 0.355. The van der Waals surface area contributed by atoms with Crippen molar-refractivity contribution in [3.63, 3.8) is 0 Å². The van der Waals surface area contributed by atoms with Gasteiger partial charge in [0.1, 0.15) is 0 Å². The molecule has 2 aromatic carbocycles. The molecule has 0 aliphatic heterocycles. The lowest BCUT2D eigenvalue weighted by Crippen LogP contribution is -2.02. The van der Waals surface area contributed by atoms with Crippen molar-refractivity contribution >= 4 is 17.3 Å². The Kier molecular flexibility index (Phi) is 5.41. The molecular formula is C20H19ClN2O2. The zero-order valence-corrected chi connectivity index (χ0v) is 14.9. The van der Waals surface area contributed by atoms with Crippen LogP contribution >= 0.6 is 11.6 Å². The highest BCUT2D eigenvalue weighted by Gasteiger charge is 2.10. The Morgan fingerprint density at radius 3 is 2.44 bits per heavy atom. The van der Waals surface area contributed by atoms with Crippen LogP contribution in [0.1, 0.15) is 5.56 Å². The summed E-state index contributed by atoms with van der Waals surface area (Å²) < 4.78 is 10.7. The average molecular weight is 355 g/mol. The van der Waals surface area contributed by atoms with E-state index in [1.165, 1.54) is 0 Å². The Morgan fingerprint density at radius 2 is 1.72 bits per heavy atom. The van der Waals surface area contributed by atoms with E-state index < -0.39 is 0 Å². The Morgan fingerprint density at radius 1 is 0.960 bits per heavy atom. The fourth-order valence-electron chi connectivity index (χ4n) is 2.59. The van der Waals surface area contributed by atoms with Crippen LogP contribution in [0.4, 0.5) is 5.69 Å². The first-order valence-electron chi connectivity index (χ1n) is 7.87. The summed E-state index contributed by atoms with van der Waals surface area (Å²) in [5.41, 5.74) is 3.98. The number of anilines is 1. The predicted molar refractivity (Wildman–Crippen MR) is 102 cm³/mol. The van der Waals surface area contributed by atoms with Gasteiger partial charge < -0.3 is 14.8 Å². The van der Waals surface area contributed by atoms with E-state index in [-0.39, 0.29) is 0 Å². The van der Waals surface area contributed by atoms with E-state index in [1.54, 1.807) is 20.4 Å². The van der Waals surface area contributed by atoms with Gasteiger partial charge in [0.05, 0.1) is 19.9 Å². The molecule has 0 saturated carbocycles. The van der Waals surface area contributed by atoms with E-state index in [4.69, 9.17) is 21.1 Å². The lowest BCUT2D eigenvalue weighted by atomic mass is 10.0. The van der Waals surface area contributed by atoms with Crippen LogP contribution < -0.4 is 14.8 Å². The van der Waals surface area contributed by atoms with E-state index in [0.717, 1.165) is 27.5 Å². The molecule has 25 heavy (non-hydrogen) atoms. The van der Waals surface area contributed by atoms with Gasteiger partial charge in [-0.1, -0.05) is 17.7 Å². The van der Waals surface area contributed by atoms with Gasteiger partial charge in [0.25, 0.3) is 0 Å². The molecule has 0 amide bonds. The first-order valence-corrected chi connectivity index (χ1v) is 8.25. The van der Waals surface area contributed by atoms with Crippen molar-refractivity contribution in [1.82, 2.24) is 4.98 Å². The number of hydrogen-bond donors (Lipinski definition) is 1. The van der Waals surface area contributed by atoms with Gasteiger partial charge in [0.15, 0.2) is 11.5 Å². The van der Waals surface area contributed by atoms with E-state index in [1.807, 2.05) is 48.5 Å². The molecule has 1 N–H and O–H groups in total. The van der Waals surface area contributed by atoms with Crippen LogP contribution in [0.15, 0.2) is 60.8 Å². The summed E-state index contributed by atoms with van der Waals surface area (Å²) in [4.78, 5) is 4.55. The van der Waals surface area contributed by atoms with Crippen molar-refractivity contribution in [3.8, 4) is 22.8 Å². The number of rotatable bonds is 6. The largest absolute Gasteiger partial charge is 0.493 e. The molecule has 4 nitrogen and oxygen atoms in total. The zero-order chi connectivity index (χ0) is 17.6. The molecule has 5 heteroatoms. The van der Waals surface area contributed by atoms with Gasteiger partial charge in [-0.25, -0.2) is 0 Å². The number of ether oxygens (including phenoxy) is 2. The highest BCUT2D eigenvalue weighted by Crippen LogP contribution is 2.32. The van der Waals surface area contributed by atoms with E-state index in [2.05, 4.69) is 16.4 Å². The van der Waals surface area contributed by atoms with Crippen LogP contribution in [0, 0.1) is 0 Å². The topological polar surface area (TPSA) is 43.4 Å². The molecule has 0 bridgehead atoms. The summed E-state index contributed by atoms with van der Waals surface area (Å²) in [7, 11) is 3.25. The van der Waals surface area contributed by atoms with Crippen LogP contribution in [-0.4, -0.2) is 19.2 Å². The highest BCUT2D eigenvalue weighted by atomic mass is 35.5. The number of benzene rings is 2. The number of aromatic nitrogens is 1. The molecule has 3 aromatic rings. The van der Waals surface area contributed by atoms with Crippen molar-refractivity contribution in [1.29, 1.82) is 0 Å². The molecule has 0 atom stereocenters. The molecule has 128 valence electrons. The van der Waals surface area contributed by atoms with E-state index in [9.17, 15) is 0 Å². The van der Waals surface area contributed by atoms with Crippen LogP contribution in [0.2, 0.25) is 5.02 Å². The van der Waals surface area contributed by atoms with E-state index >= 15 is 0 Å². The quantitative estimate of drug-likeness (QED) is 0.674. The van der Waals surface area contributed by atoms with Crippen molar-refractivity contribution in [3.05, 3.63) is 71.4 Å². The van der Waals surface area contributed by atoms with Crippen LogP contribution in [0.3, 0.4) is 0 Å². The third kappa shape index (κ3) is 4.03. The Balaban J connectivity index is 1.87. The molecule has 0 fully saturated rings. The number of methoxy groups -OCH3 is 2. The lowest BCUT2D eigenvalue weighted by Gasteiger charge is -2.13. The number of halogens is 1. The summed E-state index contributed by atoms with van der Waals surface area (Å²) in [6.07, 6.45) is 1.79. The fraction of sp³-hybridized carbons (Fsp3) is 0.150. The maximum atomic E-state index is 5.93. The number of nitrogens with zero attached hydrogens (tertiary/aromatic N) is 1. The number of nitrogens with one attached hydrogen (secondary N) is 1. The van der Waals surface area contributed by atoms with Gasteiger partial charge in [-0.15, -0.1) is 0 Å². The summed E-state index contributed by atoms with van der Waals surface area (Å²) in [5.74, 6) is 1.38. The van der Waals surface area contributed by atoms with Gasteiger partial charge >= 0.3 is 0 Å². The van der Waals surface area contributed by atoms with Gasteiger partial charge in [-0.3, -0.25) is 4.98 Å². The van der Waals surface area contributed by atoms with Gasteiger partial charge in [0.2, 0.25) is 0 Å². The molecule has 0 aliphatic rings. The van der Waals surface area contributed by atoms with Crippen molar-refractivity contribution in [2.24, 2.45) is 0 Å². The van der Waals surface area contributed by atoms with Gasteiger partial charge in [0, 0.05) is 29.0 Å². The van der Waals surface area contributed by atoms with Gasteiger partial charge in [-0.2, -0.15) is 0 Å². The predicted octanol–water partition coefficient (Wildman–Crippen LogP) is 5.03. The molecule has 0 saturated heterocycles. The molecule has 1 heterocycles. The zero-order valence-electron chi connectivity index (χ0n) is 14.1. The van der Waals surface area contributed by atoms with Crippen molar-refractivity contribution in [2.45, 2.75) is 6.54 Å². The SMILES string of the molecule is COc1ccc(-c2ncccc2CNc2ccc(Cl)cc2)cc1OC. The second kappa shape index (κ2) is 7.90. The first-order chi connectivity index (χ1) is 12.2. The van der Waals surface area contributed by atoms with Crippen molar-refractivity contribution in [2.75, 3.05) is 19.5 Å². The molecule has 0 spiro atoms. The maximum absolute atomic E-state index is 5.93. The Labute approximate surface area is 152 Å². The second-order valence-electron chi connectivity index (χ2n) is 5.44. The first kappa shape index (κ1) is 17.1. The average Bonchev–Trinajstić information content (AvgIpc) is 2.67. The molecule has 1 aromatic heterocycles. The van der Waals surface area contributed by atoms with E-state index in [0.29, 0.717) is 18.0 Å². The van der Waals surface area contributed by atoms with Crippen molar-refractivity contribution < 1.29 is 9.47 Å². The van der Waals surface area contributed by atoms with Crippen LogP contribution in [0.25, 0.3) is 11.3 Å². The fourth-order valence-corrected chi connectivity index (χ4v) is 2.72. The third-order valence-corrected chi connectivity index (χ3v) is 4.13. The number of hydrogen-bond acceptors (Lipinski definition) is 4. The molecular weight excluding hydrogens is 336 g/mol. The summed E-state index contributed by atoms with van der Waals surface area (Å²) >= 11 is 5.93. The van der Waals surface area contributed by atoms with Crippen LogP contribution in [-0.2, 0) is 6.54 Å².